The van der Waals surface area contributed by atoms with E-state index < -0.39 is 0 Å². The number of thiophene rings is 1. The van der Waals surface area contributed by atoms with Gasteiger partial charge < -0.3 is 11.1 Å². The third kappa shape index (κ3) is 2.38. The number of nitrogens with one attached hydrogen (secondary N) is 1. The summed E-state index contributed by atoms with van der Waals surface area (Å²) in [5.41, 5.74) is 11.1. The Labute approximate surface area is 111 Å². The van der Waals surface area contributed by atoms with Gasteiger partial charge in [-0.1, -0.05) is 0 Å². The van der Waals surface area contributed by atoms with E-state index in [1.807, 2.05) is 43.7 Å². The minimum Gasteiger partial charge on any atom is -0.397 e. The summed E-state index contributed by atoms with van der Waals surface area (Å²) in [4.78, 5) is 12.1. The van der Waals surface area contributed by atoms with E-state index in [9.17, 15) is 4.79 Å². The van der Waals surface area contributed by atoms with Crippen LogP contribution >= 0.6 is 11.3 Å². The van der Waals surface area contributed by atoms with Crippen LogP contribution in [0.5, 0.6) is 0 Å². The monoisotopic (exact) mass is 260 g/mol. The Morgan fingerprint density at radius 1 is 1.11 bits per heavy atom. The second-order valence-electron chi connectivity index (χ2n) is 4.45. The van der Waals surface area contributed by atoms with Crippen molar-refractivity contribution in [2.45, 2.75) is 20.8 Å². The molecule has 3 N–H and O–H groups in total. The van der Waals surface area contributed by atoms with Gasteiger partial charge in [-0.05, 0) is 55.0 Å². The average Bonchev–Trinajstić information content (AvgIpc) is 2.72. The summed E-state index contributed by atoms with van der Waals surface area (Å²) >= 11 is 1.52. The normalized spacial score (nSPS) is 10.4. The van der Waals surface area contributed by atoms with Crippen molar-refractivity contribution < 1.29 is 4.79 Å². The first-order valence-corrected chi connectivity index (χ1v) is 6.64. The highest BCUT2D eigenvalue weighted by Gasteiger charge is 2.12. The zero-order valence-electron chi connectivity index (χ0n) is 10.7. The number of hydrogen-bond donors (Lipinski definition) is 2. The van der Waals surface area contributed by atoms with Crippen molar-refractivity contribution in [3.63, 3.8) is 0 Å². The summed E-state index contributed by atoms with van der Waals surface area (Å²) < 4.78 is 0. The lowest BCUT2D eigenvalue weighted by atomic mass is 10.1. The molecule has 0 saturated carbocycles. The summed E-state index contributed by atoms with van der Waals surface area (Å²) in [7, 11) is 0. The molecule has 0 atom stereocenters. The second-order valence-corrected chi connectivity index (χ2v) is 5.19. The van der Waals surface area contributed by atoms with E-state index in [-0.39, 0.29) is 5.91 Å². The first kappa shape index (κ1) is 12.6. The van der Waals surface area contributed by atoms with Crippen LogP contribution < -0.4 is 11.1 Å². The van der Waals surface area contributed by atoms with Gasteiger partial charge in [-0.3, -0.25) is 4.79 Å². The molecule has 1 aromatic heterocycles. The molecule has 2 rings (SSSR count). The maximum Gasteiger partial charge on any atom is 0.256 e. The molecule has 4 heteroatoms. The molecule has 3 nitrogen and oxygen atoms in total. The largest absolute Gasteiger partial charge is 0.397 e. The molecule has 0 aliphatic heterocycles. The van der Waals surface area contributed by atoms with Crippen LogP contribution in [0.2, 0.25) is 0 Å². The summed E-state index contributed by atoms with van der Waals surface area (Å²) in [5, 5.41) is 6.67. The van der Waals surface area contributed by atoms with Gasteiger partial charge in [0, 0.05) is 5.38 Å². The number of nitrogen functional groups attached to an aromatic ring is 1. The fourth-order valence-corrected chi connectivity index (χ4v) is 2.56. The molecular formula is C14H16N2OS. The van der Waals surface area contributed by atoms with Crippen LogP contribution in [0.1, 0.15) is 27.0 Å². The van der Waals surface area contributed by atoms with Crippen LogP contribution in [0, 0.1) is 20.8 Å². The van der Waals surface area contributed by atoms with E-state index in [0.29, 0.717) is 16.9 Å². The van der Waals surface area contributed by atoms with E-state index >= 15 is 0 Å². The van der Waals surface area contributed by atoms with Crippen LogP contribution in [0.15, 0.2) is 22.9 Å². The zero-order valence-corrected chi connectivity index (χ0v) is 11.5. The highest BCUT2D eigenvalue weighted by molar-refractivity contribution is 7.08. The summed E-state index contributed by atoms with van der Waals surface area (Å²) in [5.74, 6) is -0.108. The Balaban J connectivity index is 2.28. The van der Waals surface area contributed by atoms with Gasteiger partial charge in [0.05, 0.1) is 16.9 Å². The molecular weight excluding hydrogens is 244 g/mol. The van der Waals surface area contributed by atoms with Crippen molar-refractivity contribution >= 4 is 28.6 Å². The van der Waals surface area contributed by atoms with E-state index in [4.69, 9.17) is 5.73 Å². The molecule has 18 heavy (non-hydrogen) atoms. The third-order valence-electron chi connectivity index (χ3n) is 3.01. The highest BCUT2D eigenvalue weighted by atomic mass is 32.1. The number of rotatable bonds is 2. The zero-order chi connectivity index (χ0) is 13.3. The number of hydrogen-bond acceptors (Lipinski definition) is 3. The van der Waals surface area contributed by atoms with Gasteiger partial charge >= 0.3 is 0 Å². The summed E-state index contributed by atoms with van der Waals surface area (Å²) in [6.07, 6.45) is 0. The van der Waals surface area contributed by atoms with Gasteiger partial charge in [-0.25, -0.2) is 0 Å². The molecule has 1 amide bonds. The highest BCUT2D eigenvalue weighted by Crippen LogP contribution is 2.24. The van der Waals surface area contributed by atoms with Crippen LogP contribution in [-0.2, 0) is 0 Å². The number of carbonyl (C=O) groups excluding carboxylic acids is 1. The number of aryl methyl sites for hydroxylation is 3. The lowest BCUT2D eigenvalue weighted by Crippen LogP contribution is -2.13. The van der Waals surface area contributed by atoms with Gasteiger partial charge in [-0.15, -0.1) is 0 Å². The first-order valence-electron chi connectivity index (χ1n) is 5.70. The predicted octanol–water partition coefficient (Wildman–Crippen LogP) is 3.51. The minimum absolute atomic E-state index is 0.108. The van der Waals surface area contributed by atoms with Crippen LogP contribution in [0.25, 0.3) is 0 Å². The van der Waals surface area contributed by atoms with E-state index in [0.717, 1.165) is 16.7 Å². The number of anilines is 2. The Morgan fingerprint density at radius 2 is 1.78 bits per heavy atom. The van der Waals surface area contributed by atoms with Gasteiger partial charge in [0.1, 0.15) is 0 Å². The van der Waals surface area contributed by atoms with Crippen LogP contribution in [-0.4, -0.2) is 5.91 Å². The first-order chi connectivity index (χ1) is 8.49. The number of nitrogens with two attached hydrogens (primary N) is 1. The molecule has 1 aromatic carbocycles. The molecule has 0 aliphatic rings. The van der Waals surface area contributed by atoms with Crippen molar-refractivity contribution in [2.24, 2.45) is 0 Å². The molecule has 0 aliphatic carbocycles. The van der Waals surface area contributed by atoms with Crippen molar-refractivity contribution in [1.29, 1.82) is 0 Å². The Kier molecular flexibility index (Phi) is 3.39. The maximum absolute atomic E-state index is 12.1. The van der Waals surface area contributed by atoms with Gasteiger partial charge in [0.2, 0.25) is 0 Å². The fourth-order valence-electron chi connectivity index (χ4n) is 1.73. The second kappa shape index (κ2) is 4.82. The standard InChI is InChI=1S/C14H16N2OS/c1-8-4-12(15)13(5-9(8)2)16-14(17)11-7-18-6-10(11)3/h4-7H,15H2,1-3H3,(H,16,17). The quantitative estimate of drug-likeness (QED) is 0.812. The molecule has 0 fully saturated rings. The van der Waals surface area contributed by atoms with Crippen molar-refractivity contribution in [3.8, 4) is 0 Å². The lowest BCUT2D eigenvalue weighted by molar-refractivity contribution is 0.102. The maximum atomic E-state index is 12.1. The third-order valence-corrected chi connectivity index (χ3v) is 3.88. The fraction of sp³-hybridized carbons (Fsp3) is 0.214. The smallest absolute Gasteiger partial charge is 0.256 e. The Morgan fingerprint density at radius 3 is 2.39 bits per heavy atom. The summed E-state index contributed by atoms with van der Waals surface area (Å²) in [6.45, 7) is 5.93. The van der Waals surface area contributed by atoms with E-state index in [1.165, 1.54) is 11.3 Å². The summed E-state index contributed by atoms with van der Waals surface area (Å²) in [6, 6.07) is 3.79. The average molecular weight is 260 g/mol. The van der Waals surface area contributed by atoms with E-state index in [2.05, 4.69) is 5.32 Å². The topological polar surface area (TPSA) is 55.1 Å². The van der Waals surface area contributed by atoms with Crippen LogP contribution in [0.3, 0.4) is 0 Å². The number of amides is 1. The Hall–Kier alpha value is -1.81. The lowest BCUT2D eigenvalue weighted by Gasteiger charge is -2.11. The SMILES string of the molecule is Cc1cc(N)c(NC(=O)c2cscc2C)cc1C. The molecule has 0 unspecified atom stereocenters. The van der Waals surface area contributed by atoms with Crippen LogP contribution in [0.4, 0.5) is 11.4 Å². The molecule has 0 radical (unpaired) electrons. The van der Waals surface area contributed by atoms with Gasteiger partial charge in [-0.2, -0.15) is 11.3 Å². The molecule has 0 saturated heterocycles. The van der Waals surface area contributed by atoms with Crippen molar-refractivity contribution in [2.75, 3.05) is 11.1 Å². The Bertz CT molecular complexity index is 602. The molecule has 2 aromatic rings. The molecule has 1 heterocycles. The number of benzene rings is 1. The molecule has 94 valence electrons. The number of carbonyl (C=O) groups is 1. The van der Waals surface area contributed by atoms with Crippen molar-refractivity contribution in [1.82, 2.24) is 0 Å². The van der Waals surface area contributed by atoms with Gasteiger partial charge in [0.25, 0.3) is 5.91 Å². The van der Waals surface area contributed by atoms with E-state index in [1.54, 1.807) is 0 Å². The molecule has 0 spiro atoms. The molecule has 0 bridgehead atoms. The van der Waals surface area contributed by atoms with Gasteiger partial charge in [0.15, 0.2) is 0 Å². The predicted molar refractivity (Wildman–Crippen MR) is 77.3 cm³/mol. The minimum atomic E-state index is -0.108. The van der Waals surface area contributed by atoms with Crippen molar-refractivity contribution in [3.05, 3.63) is 45.1 Å².